The number of furan rings is 1. The average Bonchev–Trinajstić information content (AvgIpc) is 2.96. The van der Waals surface area contributed by atoms with Gasteiger partial charge in [-0.15, -0.1) is 0 Å². The third kappa shape index (κ3) is 2.74. The van der Waals surface area contributed by atoms with Crippen LogP contribution in [0.2, 0.25) is 0 Å². The second-order valence-electron chi connectivity index (χ2n) is 5.26. The fourth-order valence-corrected chi connectivity index (χ4v) is 3.66. The highest BCUT2D eigenvalue weighted by atomic mass is 32.2. The number of aryl methyl sites for hydroxylation is 3. The van der Waals surface area contributed by atoms with Crippen molar-refractivity contribution in [3.8, 4) is 0 Å². The molecule has 5 heteroatoms. The second kappa shape index (κ2) is 5.74. The topological polar surface area (TPSA) is 33.5 Å². The van der Waals surface area contributed by atoms with Gasteiger partial charge in [0, 0.05) is 6.08 Å². The van der Waals surface area contributed by atoms with Gasteiger partial charge in [0.1, 0.15) is 11.5 Å². The highest BCUT2D eigenvalue weighted by Gasteiger charge is 2.34. The SMILES string of the molecule is Cc1ccc(N2C(=O)/C(=C/c3ccc(C)o3)SC2=S)c(C)c1. The number of amides is 1. The molecule has 3 rings (SSSR count). The van der Waals surface area contributed by atoms with Gasteiger partial charge in [-0.05, 0) is 44.5 Å². The van der Waals surface area contributed by atoms with Crippen molar-refractivity contribution in [2.45, 2.75) is 20.8 Å². The molecule has 0 unspecified atom stereocenters. The number of thiocarbonyl (C=S) groups is 1. The molecule has 1 fully saturated rings. The Kier molecular flexibility index (Phi) is 3.93. The highest BCUT2D eigenvalue weighted by molar-refractivity contribution is 8.27. The minimum atomic E-state index is -0.101. The zero-order valence-corrected chi connectivity index (χ0v) is 14.2. The van der Waals surface area contributed by atoms with E-state index in [0.29, 0.717) is 15.0 Å². The van der Waals surface area contributed by atoms with Gasteiger partial charge in [0.15, 0.2) is 4.32 Å². The summed E-state index contributed by atoms with van der Waals surface area (Å²) in [5, 5.41) is 0. The molecule has 1 amide bonds. The van der Waals surface area contributed by atoms with Crippen LogP contribution in [0.25, 0.3) is 6.08 Å². The molecule has 0 spiro atoms. The predicted molar refractivity (Wildman–Crippen MR) is 95.0 cm³/mol. The Morgan fingerprint density at radius 1 is 1.18 bits per heavy atom. The summed E-state index contributed by atoms with van der Waals surface area (Å²) >= 11 is 6.69. The zero-order chi connectivity index (χ0) is 15.9. The first-order valence-electron chi connectivity index (χ1n) is 6.87. The molecule has 112 valence electrons. The molecular weight excluding hydrogens is 314 g/mol. The third-order valence-electron chi connectivity index (χ3n) is 3.42. The van der Waals surface area contributed by atoms with E-state index in [1.807, 2.05) is 51.1 Å². The van der Waals surface area contributed by atoms with Gasteiger partial charge in [-0.3, -0.25) is 9.69 Å². The van der Waals surface area contributed by atoms with E-state index in [4.69, 9.17) is 16.6 Å². The van der Waals surface area contributed by atoms with Gasteiger partial charge in [-0.1, -0.05) is 41.7 Å². The first-order chi connectivity index (χ1) is 10.5. The molecule has 0 bridgehead atoms. The van der Waals surface area contributed by atoms with E-state index >= 15 is 0 Å². The van der Waals surface area contributed by atoms with E-state index in [-0.39, 0.29) is 5.91 Å². The van der Waals surface area contributed by atoms with Crippen molar-refractivity contribution in [2.24, 2.45) is 0 Å². The lowest BCUT2D eigenvalue weighted by atomic mass is 10.1. The maximum absolute atomic E-state index is 12.7. The molecule has 1 aliphatic heterocycles. The third-order valence-corrected chi connectivity index (χ3v) is 4.72. The van der Waals surface area contributed by atoms with Crippen LogP contribution in [0.1, 0.15) is 22.6 Å². The number of carbonyl (C=O) groups is 1. The number of nitrogens with zero attached hydrogens (tertiary/aromatic N) is 1. The molecule has 0 radical (unpaired) electrons. The highest BCUT2D eigenvalue weighted by Crippen LogP contribution is 2.37. The van der Waals surface area contributed by atoms with Crippen molar-refractivity contribution >= 4 is 46.0 Å². The largest absolute Gasteiger partial charge is 0.462 e. The molecule has 2 aromatic rings. The van der Waals surface area contributed by atoms with E-state index in [1.54, 1.807) is 11.0 Å². The van der Waals surface area contributed by atoms with Crippen LogP contribution in [0.5, 0.6) is 0 Å². The minimum absolute atomic E-state index is 0.101. The normalized spacial score (nSPS) is 16.9. The smallest absolute Gasteiger partial charge is 0.270 e. The summed E-state index contributed by atoms with van der Waals surface area (Å²) in [5.74, 6) is 1.38. The van der Waals surface area contributed by atoms with E-state index in [9.17, 15) is 4.79 Å². The van der Waals surface area contributed by atoms with Crippen molar-refractivity contribution in [2.75, 3.05) is 4.90 Å². The van der Waals surface area contributed by atoms with E-state index in [0.717, 1.165) is 22.6 Å². The van der Waals surface area contributed by atoms with Gasteiger partial charge in [-0.2, -0.15) is 0 Å². The van der Waals surface area contributed by atoms with Crippen molar-refractivity contribution in [3.05, 3.63) is 57.9 Å². The zero-order valence-electron chi connectivity index (χ0n) is 12.5. The maximum atomic E-state index is 12.7. The molecule has 1 aromatic carbocycles. The molecule has 0 saturated carbocycles. The minimum Gasteiger partial charge on any atom is -0.462 e. The number of hydrogen-bond donors (Lipinski definition) is 0. The summed E-state index contributed by atoms with van der Waals surface area (Å²) < 4.78 is 6.05. The first-order valence-corrected chi connectivity index (χ1v) is 8.10. The van der Waals surface area contributed by atoms with Gasteiger partial charge >= 0.3 is 0 Å². The second-order valence-corrected chi connectivity index (χ2v) is 6.93. The van der Waals surface area contributed by atoms with Crippen LogP contribution in [0, 0.1) is 20.8 Å². The van der Waals surface area contributed by atoms with E-state index < -0.39 is 0 Å². The Morgan fingerprint density at radius 2 is 1.95 bits per heavy atom. The quantitative estimate of drug-likeness (QED) is 0.595. The molecule has 0 atom stereocenters. The van der Waals surface area contributed by atoms with E-state index in [1.165, 1.54) is 11.8 Å². The van der Waals surface area contributed by atoms with Crippen molar-refractivity contribution in [3.63, 3.8) is 0 Å². The number of anilines is 1. The Balaban J connectivity index is 1.96. The summed E-state index contributed by atoms with van der Waals surface area (Å²) in [6.07, 6.45) is 1.75. The van der Waals surface area contributed by atoms with Gasteiger partial charge < -0.3 is 4.42 Å². The Bertz CT molecular complexity index is 805. The maximum Gasteiger partial charge on any atom is 0.270 e. The van der Waals surface area contributed by atoms with Crippen LogP contribution < -0.4 is 4.90 Å². The van der Waals surface area contributed by atoms with Gasteiger partial charge in [0.25, 0.3) is 5.91 Å². The lowest BCUT2D eigenvalue weighted by molar-refractivity contribution is -0.113. The van der Waals surface area contributed by atoms with Crippen LogP contribution in [-0.2, 0) is 4.79 Å². The van der Waals surface area contributed by atoms with Crippen molar-refractivity contribution < 1.29 is 9.21 Å². The van der Waals surface area contributed by atoms with Crippen LogP contribution in [-0.4, -0.2) is 10.2 Å². The molecule has 2 heterocycles. The number of carbonyl (C=O) groups excluding carboxylic acids is 1. The lowest BCUT2D eigenvalue weighted by Crippen LogP contribution is -2.28. The van der Waals surface area contributed by atoms with Gasteiger partial charge in [0.2, 0.25) is 0 Å². The molecule has 1 aliphatic rings. The van der Waals surface area contributed by atoms with Crippen molar-refractivity contribution in [1.29, 1.82) is 0 Å². The van der Waals surface area contributed by atoms with Gasteiger partial charge in [0.05, 0.1) is 10.6 Å². The van der Waals surface area contributed by atoms with Crippen molar-refractivity contribution in [1.82, 2.24) is 0 Å². The molecule has 0 aliphatic carbocycles. The summed E-state index contributed by atoms with van der Waals surface area (Å²) in [5.41, 5.74) is 3.03. The average molecular weight is 329 g/mol. The molecular formula is C17H15NO2S2. The Morgan fingerprint density at radius 3 is 2.59 bits per heavy atom. The molecule has 3 nitrogen and oxygen atoms in total. The lowest BCUT2D eigenvalue weighted by Gasteiger charge is -2.17. The Hall–Kier alpha value is -1.85. The Labute approximate surface area is 139 Å². The molecule has 1 saturated heterocycles. The number of rotatable bonds is 2. The predicted octanol–water partition coefficient (Wildman–Crippen LogP) is 4.61. The number of benzene rings is 1. The number of thioether (sulfide) groups is 1. The molecule has 0 N–H and O–H groups in total. The van der Waals surface area contributed by atoms with Gasteiger partial charge in [-0.25, -0.2) is 0 Å². The first kappa shape index (κ1) is 15.1. The van der Waals surface area contributed by atoms with E-state index in [2.05, 4.69) is 0 Å². The van der Waals surface area contributed by atoms with Crippen LogP contribution in [0.3, 0.4) is 0 Å². The summed E-state index contributed by atoms with van der Waals surface area (Å²) in [7, 11) is 0. The van der Waals surface area contributed by atoms with Crippen LogP contribution in [0.4, 0.5) is 5.69 Å². The summed E-state index contributed by atoms with van der Waals surface area (Å²) in [4.78, 5) is 14.8. The standard InChI is InChI=1S/C17H15NO2S2/c1-10-4-7-14(11(2)8-10)18-16(19)15(22-17(18)21)9-13-6-5-12(3)20-13/h4-9H,1-3H3/b15-9-. The monoisotopic (exact) mass is 329 g/mol. The van der Waals surface area contributed by atoms with Crippen LogP contribution in [0.15, 0.2) is 39.7 Å². The summed E-state index contributed by atoms with van der Waals surface area (Å²) in [6, 6.07) is 9.69. The van der Waals surface area contributed by atoms with Crippen LogP contribution >= 0.6 is 24.0 Å². The molecule has 22 heavy (non-hydrogen) atoms. The summed E-state index contributed by atoms with van der Waals surface area (Å²) in [6.45, 7) is 5.89. The molecule has 1 aromatic heterocycles. The fourth-order valence-electron chi connectivity index (χ4n) is 2.39. The number of hydrogen-bond acceptors (Lipinski definition) is 4. The fraction of sp³-hybridized carbons (Fsp3) is 0.176.